The molecule has 0 heterocycles. The van der Waals surface area contributed by atoms with Crippen molar-refractivity contribution in [2.45, 2.75) is 25.8 Å². The predicted molar refractivity (Wildman–Crippen MR) is 84.8 cm³/mol. The number of rotatable bonds is 6. The van der Waals surface area contributed by atoms with Gasteiger partial charge in [-0.05, 0) is 48.9 Å². The molecule has 0 saturated heterocycles. The Hall–Kier alpha value is -2.69. The highest BCUT2D eigenvalue weighted by molar-refractivity contribution is 5.96. The van der Waals surface area contributed by atoms with Crippen molar-refractivity contribution < 1.29 is 19.1 Å². The molecule has 0 aromatic heterocycles. The molecule has 1 amide bonds. The van der Waals surface area contributed by atoms with Gasteiger partial charge in [0.2, 0.25) is 5.91 Å². The summed E-state index contributed by atoms with van der Waals surface area (Å²) in [5, 5.41) is 12.0. The summed E-state index contributed by atoms with van der Waals surface area (Å²) in [7, 11) is 0. The van der Waals surface area contributed by atoms with E-state index in [4.69, 9.17) is 0 Å². The van der Waals surface area contributed by atoms with Gasteiger partial charge in [0.15, 0.2) is 5.78 Å². The standard InChI is InChI=1S/C18H18FNO3/c1-12(10-17(22)14-4-6-15(19)7-5-14)20-18(23)11-13-2-8-16(21)9-3-13/h2-9,12,21H,10-11H2,1H3,(H,20,23). The second-order valence-electron chi connectivity index (χ2n) is 5.45. The molecule has 0 aliphatic carbocycles. The summed E-state index contributed by atoms with van der Waals surface area (Å²) < 4.78 is 12.8. The fraction of sp³-hybridized carbons (Fsp3) is 0.222. The Bertz CT molecular complexity index is 680. The number of halogens is 1. The van der Waals surface area contributed by atoms with Crippen LogP contribution < -0.4 is 5.32 Å². The van der Waals surface area contributed by atoms with Gasteiger partial charge in [0.25, 0.3) is 0 Å². The number of carbonyl (C=O) groups excluding carboxylic acids is 2. The maximum absolute atomic E-state index is 12.8. The molecule has 4 nitrogen and oxygen atoms in total. The van der Waals surface area contributed by atoms with Crippen LogP contribution in [0.2, 0.25) is 0 Å². The van der Waals surface area contributed by atoms with E-state index in [-0.39, 0.29) is 36.3 Å². The van der Waals surface area contributed by atoms with Crippen molar-refractivity contribution in [3.05, 3.63) is 65.5 Å². The smallest absolute Gasteiger partial charge is 0.224 e. The highest BCUT2D eigenvalue weighted by Crippen LogP contribution is 2.11. The molecule has 0 bridgehead atoms. The van der Waals surface area contributed by atoms with Gasteiger partial charge in [-0.2, -0.15) is 0 Å². The topological polar surface area (TPSA) is 66.4 Å². The lowest BCUT2D eigenvalue weighted by atomic mass is 10.0. The minimum Gasteiger partial charge on any atom is -0.508 e. The van der Waals surface area contributed by atoms with E-state index >= 15 is 0 Å². The molecule has 2 aromatic rings. The van der Waals surface area contributed by atoms with Gasteiger partial charge in [-0.25, -0.2) is 4.39 Å². The Labute approximate surface area is 134 Å². The third-order valence-electron chi connectivity index (χ3n) is 3.37. The zero-order valence-corrected chi connectivity index (χ0v) is 12.8. The maximum Gasteiger partial charge on any atom is 0.224 e. The summed E-state index contributed by atoms with van der Waals surface area (Å²) in [6.07, 6.45) is 0.322. The zero-order valence-electron chi connectivity index (χ0n) is 12.8. The lowest BCUT2D eigenvalue weighted by Crippen LogP contribution is -2.35. The number of benzene rings is 2. The molecule has 2 aromatic carbocycles. The molecular formula is C18H18FNO3. The zero-order chi connectivity index (χ0) is 16.8. The van der Waals surface area contributed by atoms with E-state index in [0.29, 0.717) is 5.56 Å². The number of Topliss-reactive ketones (excluding diaryl/α,β-unsaturated/α-hetero) is 1. The SMILES string of the molecule is CC(CC(=O)c1ccc(F)cc1)NC(=O)Cc1ccc(O)cc1. The average molecular weight is 315 g/mol. The first-order valence-corrected chi connectivity index (χ1v) is 7.30. The lowest BCUT2D eigenvalue weighted by Gasteiger charge is -2.13. The minimum atomic E-state index is -0.392. The van der Waals surface area contributed by atoms with E-state index in [1.807, 2.05) is 0 Å². The van der Waals surface area contributed by atoms with Crippen molar-refractivity contribution in [3.63, 3.8) is 0 Å². The molecular weight excluding hydrogens is 297 g/mol. The molecule has 120 valence electrons. The summed E-state index contributed by atoms with van der Waals surface area (Å²) in [6.45, 7) is 1.75. The first-order chi connectivity index (χ1) is 10.9. The first kappa shape index (κ1) is 16.7. The molecule has 0 fully saturated rings. The number of hydrogen-bond donors (Lipinski definition) is 2. The Balaban J connectivity index is 1.84. The van der Waals surface area contributed by atoms with Crippen LogP contribution in [0.4, 0.5) is 4.39 Å². The number of phenols is 1. The van der Waals surface area contributed by atoms with E-state index in [1.165, 1.54) is 36.4 Å². The van der Waals surface area contributed by atoms with Gasteiger partial charge in [-0.15, -0.1) is 0 Å². The molecule has 23 heavy (non-hydrogen) atoms. The Kier molecular flexibility index (Phi) is 5.46. The van der Waals surface area contributed by atoms with Crippen LogP contribution in [-0.2, 0) is 11.2 Å². The van der Waals surface area contributed by atoms with Crippen LogP contribution in [0.3, 0.4) is 0 Å². The largest absolute Gasteiger partial charge is 0.508 e. The van der Waals surface area contributed by atoms with Crippen LogP contribution in [0.15, 0.2) is 48.5 Å². The molecule has 2 rings (SSSR count). The molecule has 0 aliphatic rings. The van der Waals surface area contributed by atoms with Crippen LogP contribution in [0.25, 0.3) is 0 Å². The molecule has 0 saturated carbocycles. The highest BCUT2D eigenvalue weighted by atomic mass is 19.1. The van der Waals surface area contributed by atoms with Crippen LogP contribution in [0.5, 0.6) is 5.75 Å². The van der Waals surface area contributed by atoms with E-state index in [0.717, 1.165) is 5.56 Å². The molecule has 0 aliphatic heterocycles. The van der Waals surface area contributed by atoms with Crippen molar-refractivity contribution >= 4 is 11.7 Å². The van der Waals surface area contributed by atoms with Crippen molar-refractivity contribution in [1.82, 2.24) is 5.32 Å². The summed E-state index contributed by atoms with van der Waals surface area (Å²) in [5.74, 6) is -0.596. The fourth-order valence-corrected chi connectivity index (χ4v) is 2.21. The Morgan fingerprint density at radius 3 is 2.30 bits per heavy atom. The second kappa shape index (κ2) is 7.54. The number of ketones is 1. The highest BCUT2D eigenvalue weighted by Gasteiger charge is 2.14. The monoisotopic (exact) mass is 315 g/mol. The van der Waals surface area contributed by atoms with Crippen molar-refractivity contribution in [3.8, 4) is 5.75 Å². The number of aromatic hydroxyl groups is 1. The quantitative estimate of drug-likeness (QED) is 0.806. The molecule has 1 atom stereocenters. The van der Waals surface area contributed by atoms with Crippen molar-refractivity contribution in [2.75, 3.05) is 0 Å². The van der Waals surface area contributed by atoms with E-state index in [9.17, 15) is 19.1 Å². The fourth-order valence-electron chi connectivity index (χ4n) is 2.21. The number of carbonyl (C=O) groups is 2. The number of nitrogens with one attached hydrogen (secondary N) is 1. The normalized spacial score (nSPS) is 11.7. The number of amides is 1. The maximum atomic E-state index is 12.8. The number of hydrogen-bond acceptors (Lipinski definition) is 3. The Morgan fingerprint density at radius 2 is 1.70 bits per heavy atom. The van der Waals surface area contributed by atoms with Gasteiger partial charge >= 0.3 is 0 Å². The van der Waals surface area contributed by atoms with Gasteiger partial charge in [0, 0.05) is 18.0 Å². The van der Waals surface area contributed by atoms with Gasteiger partial charge in [-0.1, -0.05) is 12.1 Å². The molecule has 2 N–H and O–H groups in total. The molecule has 0 spiro atoms. The van der Waals surface area contributed by atoms with Gasteiger partial charge in [0.1, 0.15) is 11.6 Å². The summed E-state index contributed by atoms with van der Waals surface area (Å²) in [5.41, 5.74) is 1.20. The van der Waals surface area contributed by atoms with Gasteiger partial charge < -0.3 is 10.4 Å². The number of phenolic OH excluding ortho intramolecular Hbond substituents is 1. The van der Waals surface area contributed by atoms with Gasteiger partial charge in [-0.3, -0.25) is 9.59 Å². The van der Waals surface area contributed by atoms with Crippen LogP contribution in [0.1, 0.15) is 29.3 Å². The third-order valence-corrected chi connectivity index (χ3v) is 3.37. The predicted octanol–water partition coefficient (Wildman–Crippen LogP) is 2.85. The van der Waals surface area contributed by atoms with Crippen LogP contribution in [0, 0.1) is 5.82 Å². The lowest BCUT2D eigenvalue weighted by molar-refractivity contribution is -0.121. The van der Waals surface area contributed by atoms with E-state index in [1.54, 1.807) is 19.1 Å². The summed E-state index contributed by atoms with van der Waals surface area (Å²) in [4.78, 5) is 24.0. The molecule has 1 unspecified atom stereocenters. The van der Waals surface area contributed by atoms with Crippen LogP contribution >= 0.6 is 0 Å². The van der Waals surface area contributed by atoms with Crippen molar-refractivity contribution in [2.24, 2.45) is 0 Å². The van der Waals surface area contributed by atoms with Crippen LogP contribution in [-0.4, -0.2) is 22.8 Å². The van der Waals surface area contributed by atoms with Gasteiger partial charge in [0.05, 0.1) is 6.42 Å². The van der Waals surface area contributed by atoms with E-state index < -0.39 is 5.82 Å². The third kappa shape index (κ3) is 5.21. The molecule has 5 heteroatoms. The summed E-state index contributed by atoms with van der Waals surface area (Å²) in [6, 6.07) is 11.4. The minimum absolute atomic E-state index is 0.146. The van der Waals surface area contributed by atoms with Crippen molar-refractivity contribution in [1.29, 1.82) is 0 Å². The summed E-state index contributed by atoms with van der Waals surface area (Å²) >= 11 is 0. The molecule has 0 radical (unpaired) electrons. The first-order valence-electron chi connectivity index (χ1n) is 7.30. The average Bonchev–Trinajstić information content (AvgIpc) is 2.50. The van der Waals surface area contributed by atoms with E-state index in [2.05, 4.69) is 5.32 Å². The second-order valence-corrected chi connectivity index (χ2v) is 5.45. The Morgan fingerprint density at radius 1 is 1.09 bits per heavy atom.